The van der Waals surface area contributed by atoms with E-state index in [0.29, 0.717) is 5.75 Å². The van der Waals surface area contributed by atoms with Crippen LogP contribution < -0.4 is 9.64 Å². The van der Waals surface area contributed by atoms with Crippen molar-refractivity contribution in [1.82, 2.24) is 9.88 Å². The van der Waals surface area contributed by atoms with Gasteiger partial charge in [0.15, 0.2) is 5.60 Å². The highest BCUT2D eigenvalue weighted by atomic mass is 16.5. The average molecular weight is 412 g/mol. The number of anilines is 1. The van der Waals surface area contributed by atoms with Gasteiger partial charge in [0, 0.05) is 38.9 Å². The summed E-state index contributed by atoms with van der Waals surface area (Å²) in [6.07, 6.45) is 2.99. The molecule has 1 aromatic carbocycles. The van der Waals surface area contributed by atoms with Gasteiger partial charge in [0.2, 0.25) is 0 Å². The van der Waals surface area contributed by atoms with Gasteiger partial charge in [0.25, 0.3) is 0 Å². The highest BCUT2D eigenvalue weighted by Crippen LogP contribution is 2.29. The summed E-state index contributed by atoms with van der Waals surface area (Å²) in [4.78, 5) is 20.8. The van der Waals surface area contributed by atoms with E-state index in [-0.39, 0.29) is 0 Å². The molecule has 1 aliphatic heterocycles. The number of aromatic nitrogens is 1. The maximum absolute atomic E-state index is 11.4. The van der Waals surface area contributed by atoms with Gasteiger partial charge in [-0.05, 0) is 62.4 Å². The van der Waals surface area contributed by atoms with Gasteiger partial charge in [0.05, 0.1) is 0 Å². The molecule has 162 valence electrons. The Labute approximate surface area is 179 Å². The van der Waals surface area contributed by atoms with E-state index in [1.165, 1.54) is 11.1 Å². The number of carbonyl (C=O) groups is 1. The Kier molecular flexibility index (Phi) is 6.66. The number of aryl methyl sites for hydroxylation is 3. The zero-order chi connectivity index (χ0) is 21.9. The molecular weight excluding hydrogens is 378 g/mol. The van der Waals surface area contributed by atoms with Gasteiger partial charge >= 0.3 is 5.97 Å². The standard InChI is InChI=1S/C24H33N3O3/c1-6-19-7-8-21(25-15-19)27-11-9-26(10-12-27)16-20-13-17(2)22(18(3)14-20)30-24(4,5)23(28)29/h7-8,13-15H,6,9-12,16H2,1-5H3,(H,28,29). The van der Waals surface area contributed by atoms with Crippen molar-refractivity contribution >= 4 is 11.8 Å². The molecule has 3 rings (SSSR count). The first-order chi connectivity index (χ1) is 14.2. The number of piperazine rings is 1. The fourth-order valence-corrected chi connectivity index (χ4v) is 3.80. The summed E-state index contributed by atoms with van der Waals surface area (Å²) in [5.41, 5.74) is 3.18. The van der Waals surface area contributed by atoms with E-state index in [0.717, 1.165) is 56.1 Å². The van der Waals surface area contributed by atoms with Crippen LogP contribution in [0.5, 0.6) is 5.75 Å². The van der Waals surface area contributed by atoms with E-state index in [4.69, 9.17) is 4.74 Å². The van der Waals surface area contributed by atoms with E-state index in [2.05, 4.69) is 46.0 Å². The van der Waals surface area contributed by atoms with Crippen LogP contribution in [0, 0.1) is 13.8 Å². The molecule has 0 atom stereocenters. The Morgan fingerprint density at radius 3 is 2.23 bits per heavy atom. The third kappa shape index (κ3) is 5.11. The van der Waals surface area contributed by atoms with E-state index >= 15 is 0 Å². The topological polar surface area (TPSA) is 65.9 Å². The molecule has 0 spiro atoms. The second-order valence-corrected chi connectivity index (χ2v) is 8.62. The molecule has 0 aliphatic carbocycles. The smallest absolute Gasteiger partial charge is 0.347 e. The zero-order valence-corrected chi connectivity index (χ0v) is 18.7. The summed E-state index contributed by atoms with van der Waals surface area (Å²) in [7, 11) is 0. The van der Waals surface area contributed by atoms with Gasteiger partial charge in [-0.15, -0.1) is 0 Å². The number of hydrogen-bond acceptors (Lipinski definition) is 5. The molecule has 0 radical (unpaired) electrons. The molecule has 1 N–H and O–H groups in total. The van der Waals surface area contributed by atoms with Gasteiger partial charge in [-0.25, -0.2) is 9.78 Å². The van der Waals surface area contributed by atoms with Crippen LogP contribution >= 0.6 is 0 Å². The number of aliphatic carboxylic acids is 1. The van der Waals surface area contributed by atoms with E-state index < -0.39 is 11.6 Å². The molecule has 2 aromatic rings. The average Bonchev–Trinajstić information content (AvgIpc) is 2.71. The van der Waals surface area contributed by atoms with Crippen molar-refractivity contribution in [2.75, 3.05) is 31.1 Å². The maximum atomic E-state index is 11.4. The molecule has 0 amide bonds. The summed E-state index contributed by atoms with van der Waals surface area (Å²) < 4.78 is 5.82. The fraction of sp³-hybridized carbons (Fsp3) is 0.500. The molecule has 30 heavy (non-hydrogen) atoms. The molecule has 6 nitrogen and oxygen atoms in total. The van der Waals surface area contributed by atoms with Crippen LogP contribution in [0.1, 0.15) is 43.0 Å². The van der Waals surface area contributed by atoms with Gasteiger partial charge in [-0.1, -0.05) is 25.1 Å². The highest BCUT2D eigenvalue weighted by molar-refractivity contribution is 5.77. The Hall–Kier alpha value is -2.60. The van der Waals surface area contributed by atoms with Crippen molar-refractivity contribution in [1.29, 1.82) is 0 Å². The van der Waals surface area contributed by atoms with E-state index in [9.17, 15) is 9.90 Å². The monoisotopic (exact) mass is 411 g/mol. The number of rotatable bonds is 7. The minimum Gasteiger partial charge on any atom is -0.478 e. The van der Waals surface area contributed by atoms with E-state index in [1.807, 2.05) is 20.0 Å². The Balaban J connectivity index is 1.61. The maximum Gasteiger partial charge on any atom is 0.347 e. The van der Waals surface area contributed by atoms with Crippen molar-refractivity contribution in [2.45, 2.75) is 53.2 Å². The lowest BCUT2D eigenvalue weighted by atomic mass is 10.0. The lowest BCUT2D eigenvalue weighted by Crippen LogP contribution is -2.46. The summed E-state index contributed by atoms with van der Waals surface area (Å²) in [6.45, 7) is 14.0. The first kappa shape index (κ1) is 22.1. The predicted octanol–water partition coefficient (Wildman–Crippen LogP) is 3.83. The predicted molar refractivity (Wildman–Crippen MR) is 119 cm³/mol. The first-order valence-electron chi connectivity index (χ1n) is 10.6. The largest absolute Gasteiger partial charge is 0.478 e. The van der Waals surface area contributed by atoms with Gasteiger partial charge < -0.3 is 14.7 Å². The minimum absolute atomic E-state index is 0.664. The van der Waals surface area contributed by atoms with Crippen LogP contribution in [-0.2, 0) is 17.8 Å². The quantitative estimate of drug-likeness (QED) is 0.747. The molecule has 0 bridgehead atoms. The number of hydrogen-bond donors (Lipinski definition) is 1. The van der Waals surface area contributed by atoms with Crippen LogP contribution in [0.15, 0.2) is 30.5 Å². The summed E-state index contributed by atoms with van der Waals surface area (Å²) in [5.74, 6) is 0.751. The normalized spacial score (nSPS) is 15.3. The molecule has 1 fully saturated rings. The molecule has 0 saturated carbocycles. The van der Waals surface area contributed by atoms with E-state index in [1.54, 1.807) is 13.8 Å². The second-order valence-electron chi connectivity index (χ2n) is 8.62. The number of carboxylic acid groups (broad SMARTS) is 1. The molecule has 0 unspecified atom stereocenters. The Bertz CT molecular complexity index is 862. The van der Waals surface area contributed by atoms with Gasteiger partial charge in [0.1, 0.15) is 11.6 Å². The van der Waals surface area contributed by atoms with Crippen molar-refractivity contribution in [2.24, 2.45) is 0 Å². The van der Waals surface area contributed by atoms with Crippen LogP contribution in [0.25, 0.3) is 0 Å². The number of carboxylic acids is 1. The third-order valence-electron chi connectivity index (χ3n) is 5.71. The molecule has 1 aliphatic rings. The van der Waals surface area contributed by atoms with Crippen molar-refractivity contribution in [3.05, 3.63) is 52.7 Å². The lowest BCUT2D eigenvalue weighted by Gasteiger charge is -2.35. The third-order valence-corrected chi connectivity index (χ3v) is 5.71. The van der Waals surface area contributed by atoms with Crippen LogP contribution in [-0.4, -0.2) is 52.7 Å². The summed E-state index contributed by atoms with van der Waals surface area (Å²) in [6, 6.07) is 8.50. The van der Waals surface area contributed by atoms with Crippen molar-refractivity contribution in [3.63, 3.8) is 0 Å². The molecular formula is C24H33N3O3. The summed E-state index contributed by atoms with van der Waals surface area (Å²) in [5, 5.41) is 9.35. The van der Waals surface area contributed by atoms with Crippen molar-refractivity contribution in [3.8, 4) is 5.75 Å². The SMILES string of the molecule is CCc1ccc(N2CCN(Cc3cc(C)c(OC(C)(C)C(=O)O)c(C)c3)CC2)nc1. The zero-order valence-electron chi connectivity index (χ0n) is 18.7. The second kappa shape index (κ2) is 9.04. The van der Waals surface area contributed by atoms with Gasteiger partial charge in [-0.2, -0.15) is 0 Å². The number of ether oxygens (including phenoxy) is 1. The molecule has 1 aromatic heterocycles. The molecule has 2 heterocycles. The summed E-state index contributed by atoms with van der Waals surface area (Å²) >= 11 is 0. The first-order valence-corrected chi connectivity index (χ1v) is 10.6. The number of pyridine rings is 1. The Morgan fingerprint density at radius 2 is 1.73 bits per heavy atom. The Morgan fingerprint density at radius 1 is 1.10 bits per heavy atom. The van der Waals surface area contributed by atoms with Crippen LogP contribution in [0.4, 0.5) is 5.82 Å². The molecule has 6 heteroatoms. The van der Waals surface area contributed by atoms with Crippen LogP contribution in [0.3, 0.4) is 0 Å². The number of nitrogens with zero attached hydrogens (tertiary/aromatic N) is 3. The minimum atomic E-state index is -1.25. The van der Waals surface area contributed by atoms with Crippen LogP contribution in [0.2, 0.25) is 0 Å². The number of benzene rings is 1. The fourth-order valence-electron chi connectivity index (χ4n) is 3.80. The van der Waals surface area contributed by atoms with Crippen molar-refractivity contribution < 1.29 is 14.6 Å². The lowest BCUT2D eigenvalue weighted by molar-refractivity contribution is -0.152. The highest BCUT2D eigenvalue weighted by Gasteiger charge is 2.30. The molecule has 1 saturated heterocycles. The van der Waals surface area contributed by atoms with Gasteiger partial charge in [-0.3, -0.25) is 4.90 Å².